The smallest absolute Gasteiger partial charge is 0.376 e. The Morgan fingerprint density at radius 2 is 1.61 bits per heavy atom. The van der Waals surface area contributed by atoms with E-state index in [9.17, 15) is 14.6 Å². The molecule has 10 nitrogen and oxygen atoms in total. The lowest BCUT2D eigenvalue weighted by Gasteiger charge is -2.17. The first-order valence-electron chi connectivity index (χ1n) is 13.9. The molecule has 1 aliphatic rings. The van der Waals surface area contributed by atoms with Crippen molar-refractivity contribution in [2.75, 3.05) is 12.4 Å². The molecule has 0 unspecified atom stereocenters. The molecule has 0 fully saturated rings. The van der Waals surface area contributed by atoms with Crippen molar-refractivity contribution < 1.29 is 14.6 Å². The third-order valence-corrected chi connectivity index (χ3v) is 7.60. The van der Waals surface area contributed by atoms with Gasteiger partial charge in [-0.3, -0.25) is 9.59 Å². The zero-order chi connectivity index (χ0) is 29.0. The van der Waals surface area contributed by atoms with E-state index in [-0.39, 0.29) is 18.2 Å². The lowest BCUT2D eigenvalue weighted by Crippen LogP contribution is -2.33. The van der Waals surface area contributed by atoms with Crippen LogP contribution in [0.4, 0.5) is 5.13 Å². The normalized spacial score (nSPS) is 13.0. The van der Waals surface area contributed by atoms with Crippen molar-refractivity contribution in [3.05, 3.63) is 76.3 Å². The molecule has 12 heteroatoms. The fourth-order valence-electron chi connectivity index (χ4n) is 4.36. The van der Waals surface area contributed by atoms with Gasteiger partial charge in [0.25, 0.3) is 0 Å². The maximum atomic E-state index is 12.6. The summed E-state index contributed by atoms with van der Waals surface area (Å²) in [5, 5.41) is 33.7. The molecule has 2 amide bonds. The first-order valence-corrected chi connectivity index (χ1v) is 14.7. The predicted octanol–water partition coefficient (Wildman–Crippen LogP) is 3.88. The first-order chi connectivity index (χ1) is 19.8. The highest BCUT2D eigenvalue weighted by atomic mass is 32.1. The summed E-state index contributed by atoms with van der Waals surface area (Å²) >= 11 is 1.40. The third kappa shape index (κ3) is 10.3. The zero-order valence-corrected chi connectivity index (χ0v) is 24.4. The van der Waals surface area contributed by atoms with Crippen LogP contribution in [-0.2, 0) is 35.4 Å². The Kier molecular flexibility index (Phi) is 11.3. The van der Waals surface area contributed by atoms with Crippen LogP contribution in [0.2, 0.25) is 6.82 Å². The number of anilines is 1. The number of nitrogens with one attached hydrogen (secondary N) is 2. The number of hydrogen-bond donors (Lipinski definition) is 3. The van der Waals surface area contributed by atoms with Crippen LogP contribution in [-0.4, -0.2) is 57.5 Å². The number of aromatic nitrogens is 2. The summed E-state index contributed by atoms with van der Waals surface area (Å²) < 4.78 is 0. The Bertz CT molecular complexity index is 1380. The molecule has 1 aliphatic heterocycles. The van der Waals surface area contributed by atoms with Crippen LogP contribution >= 0.6 is 11.3 Å². The van der Waals surface area contributed by atoms with Crippen LogP contribution in [0.15, 0.2) is 64.8 Å². The maximum Gasteiger partial charge on any atom is 0.376 e. The summed E-state index contributed by atoms with van der Waals surface area (Å²) in [5.41, 5.74) is 3.95. The van der Waals surface area contributed by atoms with Gasteiger partial charge >= 0.3 is 7.05 Å². The summed E-state index contributed by atoms with van der Waals surface area (Å²) in [6, 6.07) is 17.4. The molecule has 3 N–H and O–H groups in total. The van der Waals surface area contributed by atoms with Gasteiger partial charge in [-0.1, -0.05) is 65.9 Å². The number of amidine groups is 1. The van der Waals surface area contributed by atoms with Gasteiger partial charge < -0.3 is 20.5 Å². The van der Waals surface area contributed by atoms with E-state index in [1.54, 1.807) is 6.82 Å². The number of unbranched alkanes of at least 4 members (excludes halogenated alkanes) is 1. The Morgan fingerprint density at radius 1 is 0.902 bits per heavy atom. The van der Waals surface area contributed by atoms with E-state index in [1.165, 1.54) is 11.3 Å². The van der Waals surface area contributed by atoms with E-state index in [4.69, 9.17) is 0 Å². The average molecular weight is 574 g/mol. The topological polar surface area (TPSA) is 132 Å². The molecule has 3 aromatic rings. The van der Waals surface area contributed by atoms with E-state index in [0.29, 0.717) is 30.4 Å². The summed E-state index contributed by atoms with van der Waals surface area (Å²) in [6.07, 6.45) is 5.55. The zero-order valence-electron chi connectivity index (χ0n) is 23.5. The fraction of sp³-hybridized carbons (Fsp3) is 0.379. The van der Waals surface area contributed by atoms with Gasteiger partial charge in [0.2, 0.25) is 16.9 Å². The van der Waals surface area contributed by atoms with E-state index >= 15 is 0 Å². The molecule has 0 radical (unpaired) electrons. The van der Waals surface area contributed by atoms with Crippen molar-refractivity contribution in [2.45, 2.75) is 64.7 Å². The number of carbonyl (C=O) groups excluding carboxylic acids is 2. The number of amides is 2. The van der Waals surface area contributed by atoms with Gasteiger partial charge in [0.05, 0.1) is 12.8 Å². The Morgan fingerprint density at radius 3 is 2.37 bits per heavy atom. The minimum atomic E-state index is -0.539. The molecule has 0 aliphatic carbocycles. The molecule has 2 heterocycles. The molecule has 41 heavy (non-hydrogen) atoms. The van der Waals surface area contributed by atoms with Crippen molar-refractivity contribution in [3.8, 4) is 0 Å². The lowest BCUT2D eigenvalue weighted by atomic mass is 9.85. The molecule has 2 aromatic carbocycles. The Balaban J connectivity index is 1.14. The van der Waals surface area contributed by atoms with Gasteiger partial charge in [-0.05, 0) is 56.2 Å². The standard InChI is InChI=1S/C29H36BN7O3S/c1-30(40)37(2)20-23-12-8-11-22(17-23)19-27(39)32-29-36-35-28(41-29)14-7-6-13-24-15-16-25(34-33-24)31-26(38)18-21-9-4-3-5-10-21/h3-5,8-12,17,40H,6-7,13-16,18-20H2,1-2H3,(H,31,34,38)(H,32,36,39). The average Bonchev–Trinajstić information content (AvgIpc) is 3.39. The minimum Gasteiger partial charge on any atom is -0.437 e. The summed E-state index contributed by atoms with van der Waals surface area (Å²) in [4.78, 5) is 26.6. The number of carbonyl (C=O) groups is 2. The summed E-state index contributed by atoms with van der Waals surface area (Å²) in [7, 11) is 1.31. The Labute approximate surface area is 245 Å². The van der Waals surface area contributed by atoms with Crippen LogP contribution in [0, 0.1) is 0 Å². The monoisotopic (exact) mass is 573 g/mol. The molecular formula is C29H36BN7O3S. The first kappa shape index (κ1) is 30.2. The molecule has 4 rings (SSSR count). The maximum absolute atomic E-state index is 12.6. The van der Waals surface area contributed by atoms with Gasteiger partial charge in [-0.2, -0.15) is 5.10 Å². The molecule has 0 spiro atoms. The van der Waals surface area contributed by atoms with Crippen LogP contribution in [0.3, 0.4) is 0 Å². The van der Waals surface area contributed by atoms with Crippen LogP contribution < -0.4 is 10.6 Å². The van der Waals surface area contributed by atoms with Crippen molar-refractivity contribution in [1.82, 2.24) is 20.3 Å². The fourth-order valence-corrected chi connectivity index (χ4v) is 5.16. The highest BCUT2D eigenvalue weighted by molar-refractivity contribution is 7.15. The number of nitrogens with zero attached hydrogens (tertiary/aromatic N) is 5. The molecule has 0 saturated heterocycles. The lowest BCUT2D eigenvalue weighted by molar-refractivity contribution is -0.119. The van der Waals surface area contributed by atoms with Crippen LogP contribution in [0.1, 0.15) is 53.8 Å². The number of hydrogen-bond acceptors (Lipinski definition) is 9. The van der Waals surface area contributed by atoms with Gasteiger partial charge in [0.1, 0.15) is 10.8 Å². The van der Waals surface area contributed by atoms with Crippen LogP contribution in [0.5, 0.6) is 0 Å². The molecule has 0 saturated carbocycles. The summed E-state index contributed by atoms with van der Waals surface area (Å²) in [5.74, 6) is 0.405. The van der Waals surface area contributed by atoms with Gasteiger partial charge in [-0.15, -0.1) is 15.3 Å². The number of aryl methyl sites for hydroxylation is 1. The highest BCUT2D eigenvalue weighted by Gasteiger charge is 2.15. The Hall–Kier alpha value is -3.74. The number of benzene rings is 2. The minimum absolute atomic E-state index is 0.0765. The predicted molar refractivity (Wildman–Crippen MR) is 164 cm³/mol. The number of rotatable bonds is 13. The van der Waals surface area contributed by atoms with E-state index in [2.05, 4.69) is 31.0 Å². The van der Waals surface area contributed by atoms with Crippen molar-refractivity contribution >= 4 is 46.9 Å². The molecule has 214 valence electrons. The van der Waals surface area contributed by atoms with E-state index in [1.807, 2.05) is 66.5 Å². The van der Waals surface area contributed by atoms with E-state index < -0.39 is 7.05 Å². The third-order valence-electron chi connectivity index (χ3n) is 6.70. The van der Waals surface area contributed by atoms with Gasteiger partial charge in [-0.25, -0.2) is 0 Å². The molecule has 1 aromatic heterocycles. The SMILES string of the molecule is CB(O)N(C)Cc1cccc(CC(=O)Nc2nnc(CCCCC3=NN=C(NC(=O)Cc4ccccc4)CC3)s2)c1. The molecule has 0 atom stereocenters. The van der Waals surface area contributed by atoms with E-state index in [0.717, 1.165) is 59.5 Å². The highest BCUT2D eigenvalue weighted by Crippen LogP contribution is 2.19. The molecule has 0 bridgehead atoms. The molecular weight excluding hydrogens is 537 g/mol. The van der Waals surface area contributed by atoms with Crippen molar-refractivity contribution in [2.24, 2.45) is 10.2 Å². The van der Waals surface area contributed by atoms with Crippen LogP contribution in [0.25, 0.3) is 0 Å². The van der Waals surface area contributed by atoms with Gasteiger partial charge in [0.15, 0.2) is 0 Å². The second-order valence-electron chi connectivity index (χ2n) is 10.2. The quantitative estimate of drug-likeness (QED) is 0.210. The van der Waals surface area contributed by atoms with Gasteiger partial charge in [0, 0.05) is 25.1 Å². The van der Waals surface area contributed by atoms with Crippen molar-refractivity contribution in [3.63, 3.8) is 0 Å². The van der Waals surface area contributed by atoms with Crippen molar-refractivity contribution in [1.29, 1.82) is 0 Å². The summed E-state index contributed by atoms with van der Waals surface area (Å²) in [6.45, 7) is 2.32. The largest absolute Gasteiger partial charge is 0.437 e. The second-order valence-corrected chi connectivity index (χ2v) is 11.3. The second kappa shape index (κ2) is 15.3.